The number of nitrogens with zero attached hydrogens (tertiary/aromatic N) is 3. The number of ether oxygens (including phenoxy) is 1. The quantitative estimate of drug-likeness (QED) is 0.867. The Hall–Kier alpha value is -0.980. The molecular formula is C12H22N4O2. The summed E-state index contributed by atoms with van der Waals surface area (Å²) >= 11 is 0. The molecule has 0 radical (unpaired) electrons. The van der Waals surface area contributed by atoms with Crippen LogP contribution in [0.25, 0.3) is 0 Å². The summed E-state index contributed by atoms with van der Waals surface area (Å²) in [5.74, 6) is 1.25. The third-order valence-electron chi connectivity index (χ3n) is 2.81. The molecule has 2 heterocycles. The van der Waals surface area contributed by atoms with Crippen molar-refractivity contribution in [2.24, 2.45) is 0 Å². The van der Waals surface area contributed by atoms with Gasteiger partial charge in [-0.1, -0.05) is 5.16 Å². The Kier molecular flexibility index (Phi) is 3.99. The van der Waals surface area contributed by atoms with Crippen molar-refractivity contribution in [1.82, 2.24) is 20.4 Å². The molecule has 0 aliphatic carbocycles. The molecule has 6 heteroatoms. The zero-order chi connectivity index (χ0) is 13.2. The summed E-state index contributed by atoms with van der Waals surface area (Å²) in [7, 11) is 2.07. The molecule has 0 bridgehead atoms. The van der Waals surface area contributed by atoms with Crippen molar-refractivity contribution >= 4 is 0 Å². The predicted molar refractivity (Wildman–Crippen MR) is 67.1 cm³/mol. The molecular weight excluding hydrogens is 232 g/mol. The fourth-order valence-corrected chi connectivity index (χ4v) is 1.75. The highest BCUT2D eigenvalue weighted by Crippen LogP contribution is 2.18. The van der Waals surface area contributed by atoms with Crippen molar-refractivity contribution in [3.63, 3.8) is 0 Å². The molecule has 6 nitrogen and oxygen atoms in total. The van der Waals surface area contributed by atoms with E-state index in [1.807, 2.05) is 0 Å². The van der Waals surface area contributed by atoms with E-state index in [4.69, 9.17) is 9.26 Å². The minimum Gasteiger partial charge on any atom is -0.367 e. The van der Waals surface area contributed by atoms with E-state index >= 15 is 0 Å². The largest absolute Gasteiger partial charge is 0.367 e. The maximum absolute atomic E-state index is 5.65. The third kappa shape index (κ3) is 3.76. The van der Waals surface area contributed by atoms with Crippen molar-refractivity contribution in [3.8, 4) is 0 Å². The lowest BCUT2D eigenvalue weighted by Gasteiger charge is -2.27. The number of hydrogen-bond acceptors (Lipinski definition) is 6. The number of aromatic nitrogens is 2. The molecule has 1 aliphatic heterocycles. The maximum Gasteiger partial charge on any atom is 0.240 e. The van der Waals surface area contributed by atoms with Crippen molar-refractivity contribution in [2.45, 2.75) is 39.0 Å². The van der Waals surface area contributed by atoms with Crippen LogP contribution in [-0.4, -0.2) is 47.3 Å². The smallest absolute Gasteiger partial charge is 0.240 e. The van der Waals surface area contributed by atoms with Gasteiger partial charge in [0.05, 0.1) is 13.2 Å². The van der Waals surface area contributed by atoms with Gasteiger partial charge in [0.15, 0.2) is 0 Å². The Balaban J connectivity index is 1.93. The molecule has 0 amide bonds. The Morgan fingerprint density at radius 3 is 2.89 bits per heavy atom. The van der Waals surface area contributed by atoms with Crippen molar-refractivity contribution in [3.05, 3.63) is 11.7 Å². The van der Waals surface area contributed by atoms with Crippen LogP contribution in [0.15, 0.2) is 4.52 Å². The van der Waals surface area contributed by atoms with E-state index < -0.39 is 0 Å². The number of hydrogen-bond donors (Lipinski definition) is 1. The SMILES string of the molecule is CN1CCOC(c2noc(CNC(C)(C)C)n2)C1. The first-order valence-corrected chi connectivity index (χ1v) is 6.32. The lowest BCUT2D eigenvalue weighted by Crippen LogP contribution is -2.36. The van der Waals surface area contributed by atoms with Crippen LogP contribution < -0.4 is 5.32 Å². The van der Waals surface area contributed by atoms with Crippen LogP contribution in [0.3, 0.4) is 0 Å². The molecule has 1 unspecified atom stereocenters. The van der Waals surface area contributed by atoms with Gasteiger partial charge in [0.25, 0.3) is 0 Å². The van der Waals surface area contributed by atoms with E-state index in [9.17, 15) is 0 Å². The van der Waals surface area contributed by atoms with Crippen molar-refractivity contribution in [1.29, 1.82) is 0 Å². The second-order valence-corrected chi connectivity index (χ2v) is 5.77. The molecule has 0 spiro atoms. The normalized spacial score (nSPS) is 22.3. The van der Waals surface area contributed by atoms with Gasteiger partial charge in [-0.25, -0.2) is 0 Å². The predicted octanol–water partition coefficient (Wildman–Crippen LogP) is 0.961. The molecule has 1 aromatic heterocycles. The van der Waals surface area contributed by atoms with Crippen LogP contribution in [-0.2, 0) is 11.3 Å². The first-order valence-electron chi connectivity index (χ1n) is 6.32. The zero-order valence-electron chi connectivity index (χ0n) is 11.6. The molecule has 0 aromatic carbocycles. The first-order chi connectivity index (χ1) is 8.44. The molecule has 0 saturated carbocycles. The van der Waals surface area contributed by atoms with E-state index in [2.05, 4.69) is 48.2 Å². The summed E-state index contributed by atoms with van der Waals surface area (Å²) in [6.45, 7) is 9.36. The minimum atomic E-state index is -0.0733. The van der Waals surface area contributed by atoms with Gasteiger partial charge in [0, 0.05) is 18.6 Å². The van der Waals surface area contributed by atoms with Crippen LogP contribution >= 0.6 is 0 Å². The van der Waals surface area contributed by atoms with Crippen LogP contribution in [0.4, 0.5) is 0 Å². The van der Waals surface area contributed by atoms with Gasteiger partial charge in [0.1, 0.15) is 6.10 Å². The molecule has 1 aromatic rings. The van der Waals surface area contributed by atoms with Gasteiger partial charge < -0.3 is 19.5 Å². The Labute approximate surface area is 108 Å². The number of nitrogens with one attached hydrogen (secondary N) is 1. The summed E-state index contributed by atoms with van der Waals surface area (Å²) in [6, 6.07) is 0. The monoisotopic (exact) mass is 254 g/mol. The van der Waals surface area contributed by atoms with Crippen molar-refractivity contribution < 1.29 is 9.26 Å². The maximum atomic E-state index is 5.65. The summed E-state index contributed by atoms with van der Waals surface area (Å²) in [5, 5.41) is 7.31. The molecule has 1 atom stereocenters. The fourth-order valence-electron chi connectivity index (χ4n) is 1.75. The highest BCUT2D eigenvalue weighted by atomic mass is 16.5. The molecule has 2 rings (SSSR count). The molecule has 102 valence electrons. The number of morpholine rings is 1. The van der Waals surface area contributed by atoms with Crippen LogP contribution in [0.1, 0.15) is 38.6 Å². The second kappa shape index (κ2) is 5.34. The highest BCUT2D eigenvalue weighted by Gasteiger charge is 2.24. The van der Waals surface area contributed by atoms with Gasteiger partial charge >= 0.3 is 0 Å². The van der Waals surface area contributed by atoms with E-state index in [0.717, 1.165) is 13.1 Å². The van der Waals surface area contributed by atoms with Crippen LogP contribution in [0.5, 0.6) is 0 Å². The summed E-state index contributed by atoms with van der Waals surface area (Å²) < 4.78 is 10.9. The average molecular weight is 254 g/mol. The number of likely N-dealkylation sites (N-methyl/N-ethyl adjacent to an activating group) is 1. The van der Waals surface area contributed by atoms with E-state index in [1.54, 1.807) is 0 Å². The van der Waals surface area contributed by atoms with Crippen molar-refractivity contribution in [2.75, 3.05) is 26.7 Å². The van der Waals surface area contributed by atoms with Gasteiger partial charge in [0.2, 0.25) is 11.7 Å². The summed E-state index contributed by atoms with van der Waals surface area (Å²) in [6.07, 6.45) is -0.0733. The van der Waals surface area contributed by atoms with Gasteiger partial charge in [-0.05, 0) is 27.8 Å². The van der Waals surface area contributed by atoms with Crippen LogP contribution in [0, 0.1) is 0 Å². The second-order valence-electron chi connectivity index (χ2n) is 5.77. The molecule has 1 N–H and O–H groups in total. The summed E-state index contributed by atoms with van der Waals surface area (Å²) in [5.41, 5.74) is 0.0379. The lowest BCUT2D eigenvalue weighted by molar-refractivity contribution is -0.0264. The zero-order valence-corrected chi connectivity index (χ0v) is 11.6. The Morgan fingerprint density at radius 2 is 2.22 bits per heavy atom. The average Bonchev–Trinajstić information content (AvgIpc) is 2.74. The number of rotatable bonds is 3. The first kappa shape index (κ1) is 13.5. The van der Waals surface area contributed by atoms with Gasteiger partial charge in [-0.3, -0.25) is 0 Å². The molecule has 18 heavy (non-hydrogen) atoms. The molecule has 1 fully saturated rings. The highest BCUT2D eigenvalue weighted by molar-refractivity contribution is 4.94. The van der Waals surface area contributed by atoms with Crippen LogP contribution in [0.2, 0.25) is 0 Å². The summed E-state index contributed by atoms with van der Waals surface area (Å²) in [4.78, 5) is 6.59. The van der Waals surface area contributed by atoms with E-state index in [0.29, 0.717) is 24.9 Å². The fraction of sp³-hybridized carbons (Fsp3) is 0.833. The van der Waals surface area contributed by atoms with Gasteiger partial charge in [-0.15, -0.1) is 0 Å². The van der Waals surface area contributed by atoms with E-state index in [1.165, 1.54) is 0 Å². The Morgan fingerprint density at radius 1 is 1.44 bits per heavy atom. The topological polar surface area (TPSA) is 63.4 Å². The third-order valence-corrected chi connectivity index (χ3v) is 2.81. The Bertz CT molecular complexity index is 386. The standard InChI is InChI=1S/C12H22N4O2/c1-12(2,3)13-7-10-14-11(15-18-10)9-8-16(4)5-6-17-9/h9,13H,5-8H2,1-4H3. The molecule has 1 aliphatic rings. The van der Waals surface area contributed by atoms with Gasteiger partial charge in [-0.2, -0.15) is 4.98 Å². The van der Waals surface area contributed by atoms with E-state index in [-0.39, 0.29) is 11.6 Å². The lowest BCUT2D eigenvalue weighted by atomic mass is 10.1. The molecule has 1 saturated heterocycles. The minimum absolute atomic E-state index is 0.0379.